The van der Waals surface area contributed by atoms with Gasteiger partial charge in [-0.05, 0) is 27.7 Å². The van der Waals surface area contributed by atoms with E-state index >= 15 is 0 Å². The highest BCUT2D eigenvalue weighted by atomic mass is 32.2. The van der Waals surface area contributed by atoms with Crippen LogP contribution in [0.2, 0.25) is 0 Å². The Kier molecular flexibility index (Phi) is 4.29. The molecule has 0 radical (unpaired) electrons. The lowest BCUT2D eigenvalue weighted by atomic mass is 10.1. The second kappa shape index (κ2) is 5.65. The Morgan fingerprint density at radius 1 is 1.30 bits per heavy atom. The minimum Gasteiger partial charge on any atom is -0.335 e. The quantitative estimate of drug-likeness (QED) is 0.891. The van der Waals surface area contributed by atoms with Crippen molar-refractivity contribution in [3.63, 3.8) is 0 Å². The van der Waals surface area contributed by atoms with Crippen LogP contribution in [0.4, 0.5) is 5.95 Å². The minimum absolute atomic E-state index is 0.187. The van der Waals surface area contributed by atoms with Crippen LogP contribution < -0.4 is 10.2 Å². The van der Waals surface area contributed by atoms with E-state index in [9.17, 15) is 8.42 Å². The largest absolute Gasteiger partial charge is 0.335 e. The molecule has 6 nitrogen and oxygen atoms in total. The molecule has 112 valence electrons. The molecule has 0 spiro atoms. The number of hydrogen-bond acceptors (Lipinski definition) is 6. The molecular formula is C13H22N4O2S. The van der Waals surface area contributed by atoms with Crippen molar-refractivity contribution in [3.05, 3.63) is 12.4 Å². The van der Waals surface area contributed by atoms with Gasteiger partial charge in [0.15, 0.2) is 9.84 Å². The van der Waals surface area contributed by atoms with E-state index in [1.807, 2.05) is 0 Å². The van der Waals surface area contributed by atoms with Crippen LogP contribution in [0.5, 0.6) is 0 Å². The highest BCUT2D eigenvalue weighted by Crippen LogP contribution is 2.18. The highest BCUT2D eigenvalue weighted by Gasteiger charge is 2.25. The Hall–Kier alpha value is -1.21. The maximum absolute atomic E-state index is 12.0. The van der Waals surface area contributed by atoms with Gasteiger partial charge in [0.1, 0.15) is 4.90 Å². The number of rotatable bonds is 3. The normalized spacial score (nSPS) is 24.1. The van der Waals surface area contributed by atoms with Gasteiger partial charge in [0, 0.05) is 25.2 Å². The van der Waals surface area contributed by atoms with Gasteiger partial charge in [-0.3, -0.25) is 0 Å². The van der Waals surface area contributed by atoms with Gasteiger partial charge in [-0.1, -0.05) is 0 Å². The fraction of sp³-hybridized carbons (Fsp3) is 0.692. The monoisotopic (exact) mass is 298 g/mol. The van der Waals surface area contributed by atoms with Gasteiger partial charge in [0.25, 0.3) is 0 Å². The van der Waals surface area contributed by atoms with E-state index in [0.717, 1.165) is 13.1 Å². The molecule has 1 fully saturated rings. The first-order chi connectivity index (χ1) is 9.32. The molecule has 1 aliphatic rings. The standard InChI is InChI=1S/C13H22N4O2S/c1-9(2)20(18,19)12-6-15-13(16-7-12)17-8-10(3)14-5-11(17)4/h6-7,9-11,14H,5,8H2,1-4H3/t10-,11+/m1/s1. The molecule has 2 rings (SSSR count). The molecule has 0 saturated carbocycles. The molecular weight excluding hydrogens is 276 g/mol. The van der Waals surface area contributed by atoms with Gasteiger partial charge in [0.05, 0.1) is 17.6 Å². The van der Waals surface area contributed by atoms with Crippen molar-refractivity contribution in [2.75, 3.05) is 18.0 Å². The lowest BCUT2D eigenvalue weighted by Crippen LogP contribution is -2.55. The second-order valence-electron chi connectivity index (χ2n) is 5.62. The fourth-order valence-corrected chi connectivity index (χ4v) is 3.12. The zero-order valence-electron chi connectivity index (χ0n) is 12.4. The Balaban J connectivity index is 2.24. The third kappa shape index (κ3) is 2.93. The molecule has 0 unspecified atom stereocenters. The lowest BCUT2D eigenvalue weighted by molar-refractivity contribution is 0.419. The molecule has 1 aromatic heterocycles. The van der Waals surface area contributed by atoms with Crippen LogP contribution in [0.3, 0.4) is 0 Å². The van der Waals surface area contributed by atoms with Crippen molar-refractivity contribution < 1.29 is 8.42 Å². The maximum atomic E-state index is 12.0. The smallest absolute Gasteiger partial charge is 0.225 e. The van der Waals surface area contributed by atoms with E-state index in [1.165, 1.54) is 12.4 Å². The molecule has 1 aliphatic heterocycles. The molecule has 1 saturated heterocycles. The van der Waals surface area contributed by atoms with Crippen molar-refractivity contribution >= 4 is 15.8 Å². The van der Waals surface area contributed by atoms with Gasteiger partial charge in [-0.25, -0.2) is 18.4 Å². The molecule has 20 heavy (non-hydrogen) atoms. The van der Waals surface area contributed by atoms with Crippen molar-refractivity contribution in [2.45, 2.75) is 49.9 Å². The van der Waals surface area contributed by atoms with E-state index in [2.05, 4.69) is 34.0 Å². The molecule has 0 amide bonds. The Morgan fingerprint density at radius 3 is 2.45 bits per heavy atom. The van der Waals surface area contributed by atoms with Gasteiger partial charge in [0.2, 0.25) is 5.95 Å². The predicted molar refractivity (Wildman–Crippen MR) is 78.6 cm³/mol. The van der Waals surface area contributed by atoms with Crippen molar-refractivity contribution in [3.8, 4) is 0 Å². The zero-order valence-corrected chi connectivity index (χ0v) is 13.2. The Labute approximate surface area is 120 Å². The van der Waals surface area contributed by atoms with Crippen molar-refractivity contribution in [1.29, 1.82) is 0 Å². The summed E-state index contributed by atoms with van der Waals surface area (Å²) in [6.07, 6.45) is 2.83. The van der Waals surface area contributed by atoms with E-state index in [4.69, 9.17) is 0 Å². The Morgan fingerprint density at radius 2 is 1.90 bits per heavy atom. The summed E-state index contributed by atoms with van der Waals surface area (Å²) in [4.78, 5) is 10.8. The van der Waals surface area contributed by atoms with Crippen LogP contribution in [-0.4, -0.2) is 48.8 Å². The first kappa shape index (κ1) is 15.2. The third-order valence-electron chi connectivity index (χ3n) is 3.58. The topological polar surface area (TPSA) is 75.2 Å². The zero-order chi connectivity index (χ0) is 14.9. The minimum atomic E-state index is -3.30. The number of aromatic nitrogens is 2. The SMILES string of the molecule is CC(C)S(=O)(=O)c1cnc(N2C[C@@H](C)NC[C@@H]2C)nc1. The molecule has 1 aromatic rings. The summed E-state index contributed by atoms with van der Waals surface area (Å²) in [5.74, 6) is 0.591. The van der Waals surface area contributed by atoms with Crippen LogP contribution in [0.15, 0.2) is 17.3 Å². The average molecular weight is 298 g/mol. The molecule has 0 bridgehead atoms. The summed E-state index contributed by atoms with van der Waals surface area (Å²) in [5, 5.41) is 2.93. The maximum Gasteiger partial charge on any atom is 0.225 e. The number of nitrogens with one attached hydrogen (secondary N) is 1. The second-order valence-corrected chi connectivity index (χ2v) is 8.13. The number of piperazine rings is 1. The third-order valence-corrected chi connectivity index (χ3v) is 5.69. The molecule has 0 aromatic carbocycles. The van der Waals surface area contributed by atoms with Crippen molar-refractivity contribution in [2.24, 2.45) is 0 Å². The summed E-state index contributed by atoms with van der Waals surface area (Å²) in [5.41, 5.74) is 0. The van der Waals surface area contributed by atoms with Crippen LogP contribution in [-0.2, 0) is 9.84 Å². The molecule has 0 aliphatic carbocycles. The summed E-state index contributed by atoms with van der Waals surface area (Å²) < 4.78 is 24.1. The number of nitrogens with zero attached hydrogens (tertiary/aromatic N) is 3. The van der Waals surface area contributed by atoms with Gasteiger partial charge >= 0.3 is 0 Å². The van der Waals surface area contributed by atoms with E-state index in [-0.39, 0.29) is 4.90 Å². The van der Waals surface area contributed by atoms with Crippen molar-refractivity contribution in [1.82, 2.24) is 15.3 Å². The summed E-state index contributed by atoms with van der Waals surface area (Å²) >= 11 is 0. The van der Waals surface area contributed by atoms with Crippen LogP contribution in [0.25, 0.3) is 0 Å². The van der Waals surface area contributed by atoms with E-state index < -0.39 is 15.1 Å². The van der Waals surface area contributed by atoms with Gasteiger partial charge in [-0.2, -0.15) is 0 Å². The first-order valence-corrected chi connectivity index (χ1v) is 8.43. The fourth-order valence-electron chi connectivity index (χ4n) is 2.18. The molecule has 2 heterocycles. The number of anilines is 1. The molecule has 7 heteroatoms. The van der Waals surface area contributed by atoms with Gasteiger partial charge < -0.3 is 10.2 Å². The highest BCUT2D eigenvalue weighted by molar-refractivity contribution is 7.92. The molecule has 2 atom stereocenters. The molecule has 1 N–H and O–H groups in total. The van der Waals surface area contributed by atoms with E-state index in [1.54, 1.807) is 13.8 Å². The summed E-state index contributed by atoms with van der Waals surface area (Å²) in [7, 11) is -3.30. The van der Waals surface area contributed by atoms with Crippen LogP contribution in [0.1, 0.15) is 27.7 Å². The Bertz CT molecular complexity index is 556. The van der Waals surface area contributed by atoms with Crippen LogP contribution in [0, 0.1) is 0 Å². The van der Waals surface area contributed by atoms with Crippen LogP contribution >= 0.6 is 0 Å². The first-order valence-electron chi connectivity index (χ1n) is 6.88. The summed E-state index contributed by atoms with van der Waals surface area (Å²) in [6, 6.07) is 0.660. The van der Waals surface area contributed by atoms with Gasteiger partial charge in [-0.15, -0.1) is 0 Å². The van der Waals surface area contributed by atoms with E-state index in [0.29, 0.717) is 18.0 Å². The predicted octanol–water partition coefficient (Wildman–Crippen LogP) is 0.845. The lowest BCUT2D eigenvalue weighted by Gasteiger charge is -2.37. The average Bonchev–Trinajstić information content (AvgIpc) is 2.41. The summed E-state index contributed by atoms with van der Waals surface area (Å²) in [6.45, 7) is 9.21. The number of hydrogen-bond donors (Lipinski definition) is 1. The number of sulfone groups is 1.